The zero-order valence-corrected chi connectivity index (χ0v) is 19.5. The minimum absolute atomic E-state index is 0.0490. The monoisotopic (exact) mass is 458 g/mol. The molecule has 33 heavy (non-hydrogen) atoms. The molecule has 2 aliphatic heterocycles. The number of urea groups is 1. The Morgan fingerprint density at radius 1 is 0.939 bits per heavy atom. The van der Waals surface area contributed by atoms with E-state index < -0.39 is 12.1 Å². The fourth-order valence-electron chi connectivity index (χ4n) is 5.39. The van der Waals surface area contributed by atoms with Crippen LogP contribution in [0.5, 0.6) is 5.75 Å². The molecule has 3 N–H and O–H groups in total. The van der Waals surface area contributed by atoms with Crippen molar-refractivity contribution >= 4 is 17.7 Å². The number of carboxylic acids is 1. The van der Waals surface area contributed by atoms with Gasteiger partial charge < -0.3 is 25.4 Å². The third kappa shape index (κ3) is 6.60. The van der Waals surface area contributed by atoms with Crippen LogP contribution in [0.2, 0.25) is 0 Å². The number of anilines is 1. The van der Waals surface area contributed by atoms with E-state index in [2.05, 4.69) is 15.5 Å². The molecule has 182 valence electrons. The van der Waals surface area contributed by atoms with Gasteiger partial charge >= 0.3 is 12.0 Å². The Morgan fingerprint density at radius 2 is 1.58 bits per heavy atom. The maximum Gasteiger partial charge on any atom is 0.345 e. The summed E-state index contributed by atoms with van der Waals surface area (Å²) in [5.74, 6) is -0.323. The predicted octanol–water partition coefficient (Wildman–Crippen LogP) is 3.39. The highest BCUT2D eigenvalue weighted by molar-refractivity contribution is 5.89. The van der Waals surface area contributed by atoms with E-state index in [1.807, 2.05) is 4.90 Å². The first-order chi connectivity index (χ1) is 16.1. The van der Waals surface area contributed by atoms with Crippen LogP contribution in [0, 0.1) is 5.92 Å². The molecule has 1 aliphatic carbocycles. The van der Waals surface area contributed by atoms with Gasteiger partial charge in [0, 0.05) is 43.8 Å². The molecule has 2 amide bonds. The molecule has 0 spiro atoms. The SMILES string of the molecule is O=C(O)C(Oc1ccc(NC(=O)N2CCN(C3CCNCC3)CC2)cc1)C1CCCCCC1. The molecule has 3 fully saturated rings. The number of piperazine rings is 1. The molecule has 0 aromatic heterocycles. The van der Waals surface area contributed by atoms with Crippen LogP contribution >= 0.6 is 0 Å². The first-order valence-electron chi connectivity index (χ1n) is 12.6. The van der Waals surface area contributed by atoms with Gasteiger partial charge in [0.15, 0.2) is 6.10 Å². The van der Waals surface area contributed by atoms with Gasteiger partial charge in [0.25, 0.3) is 0 Å². The highest BCUT2D eigenvalue weighted by Crippen LogP contribution is 2.29. The molecule has 1 atom stereocenters. The molecule has 1 aromatic carbocycles. The summed E-state index contributed by atoms with van der Waals surface area (Å²) in [7, 11) is 0. The van der Waals surface area contributed by atoms with Crippen LogP contribution in [-0.2, 0) is 4.79 Å². The van der Waals surface area contributed by atoms with Crippen molar-refractivity contribution in [2.24, 2.45) is 5.92 Å². The average Bonchev–Trinajstić information content (AvgIpc) is 3.13. The summed E-state index contributed by atoms with van der Waals surface area (Å²) in [4.78, 5) is 28.9. The second-order valence-electron chi connectivity index (χ2n) is 9.59. The number of hydrogen-bond acceptors (Lipinski definition) is 5. The zero-order chi connectivity index (χ0) is 23.0. The second kappa shape index (κ2) is 11.7. The molecule has 1 saturated carbocycles. The van der Waals surface area contributed by atoms with Crippen molar-refractivity contribution in [3.8, 4) is 5.75 Å². The number of carboxylic acid groups (broad SMARTS) is 1. The minimum atomic E-state index is -0.900. The summed E-state index contributed by atoms with van der Waals surface area (Å²) >= 11 is 0. The van der Waals surface area contributed by atoms with Crippen LogP contribution < -0.4 is 15.4 Å². The predicted molar refractivity (Wildman–Crippen MR) is 128 cm³/mol. The largest absolute Gasteiger partial charge is 0.478 e. The summed E-state index contributed by atoms with van der Waals surface area (Å²) in [5.41, 5.74) is 0.689. The van der Waals surface area contributed by atoms with Crippen LogP contribution in [0.1, 0.15) is 51.4 Å². The number of rotatable bonds is 6. The molecular weight excluding hydrogens is 420 g/mol. The molecule has 1 aromatic rings. The van der Waals surface area contributed by atoms with E-state index in [9.17, 15) is 14.7 Å². The van der Waals surface area contributed by atoms with Gasteiger partial charge in [0.05, 0.1) is 0 Å². The van der Waals surface area contributed by atoms with Crippen LogP contribution in [0.15, 0.2) is 24.3 Å². The van der Waals surface area contributed by atoms with E-state index >= 15 is 0 Å². The number of carbonyl (C=O) groups is 2. The quantitative estimate of drug-likeness (QED) is 0.566. The van der Waals surface area contributed by atoms with Crippen molar-refractivity contribution in [1.29, 1.82) is 0 Å². The van der Waals surface area contributed by atoms with Crippen molar-refractivity contribution < 1.29 is 19.4 Å². The van der Waals surface area contributed by atoms with Crippen molar-refractivity contribution in [1.82, 2.24) is 15.1 Å². The number of nitrogens with zero attached hydrogens (tertiary/aromatic N) is 2. The van der Waals surface area contributed by atoms with Gasteiger partial charge in [0.2, 0.25) is 0 Å². The summed E-state index contributed by atoms with van der Waals surface area (Å²) in [5, 5.41) is 16.1. The fraction of sp³-hybridized carbons (Fsp3) is 0.680. The Bertz CT molecular complexity index is 765. The highest BCUT2D eigenvalue weighted by atomic mass is 16.5. The molecular formula is C25H38N4O4. The van der Waals surface area contributed by atoms with Crippen LogP contribution in [0.3, 0.4) is 0 Å². The normalized spacial score (nSPS) is 22.4. The van der Waals surface area contributed by atoms with Gasteiger partial charge in [-0.3, -0.25) is 4.90 Å². The van der Waals surface area contributed by atoms with E-state index in [0.29, 0.717) is 17.5 Å². The molecule has 8 nitrogen and oxygen atoms in total. The number of benzene rings is 1. The van der Waals surface area contributed by atoms with Gasteiger partial charge in [0.1, 0.15) is 5.75 Å². The Kier molecular flexibility index (Phi) is 8.45. The Labute approximate surface area is 196 Å². The fourth-order valence-corrected chi connectivity index (χ4v) is 5.39. The standard InChI is InChI=1S/C25H38N4O4/c30-24(31)23(19-5-3-1-2-4-6-19)33-22-9-7-20(8-10-22)27-25(32)29-17-15-28(16-18-29)21-11-13-26-14-12-21/h7-10,19,21,23,26H,1-6,11-18H2,(H,27,32)(H,30,31). The van der Waals surface area contributed by atoms with Gasteiger partial charge in [-0.15, -0.1) is 0 Å². The molecule has 2 saturated heterocycles. The van der Waals surface area contributed by atoms with Crippen LogP contribution in [0.25, 0.3) is 0 Å². The summed E-state index contributed by atoms with van der Waals surface area (Å²) in [6.45, 7) is 5.47. The summed E-state index contributed by atoms with van der Waals surface area (Å²) in [6, 6.07) is 7.61. The van der Waals surface area contributed by atoms with Crippen LogP contribution in [0.4, 0.5) is 10.5 Å². The third-order valence-electron chi connectivity index (χ3n) is 7.37. The number of amides is 2. The summed E-state index contributed by atoms with van der Waals surface area (Å²) in [6.07, 6.45) is 7.82. The molecule has 0 radical (unpaired) electrons. The van der Waals surface area contributed by atoms with Crippen molar-refractivity contribution in [3.63, 3.8) is 0 Å². The van der Waals surface area contributed by atoms with Crippen molar-refractivity contribution in [2.45, 2.75) is 63.5 Å². The third-order valence-corrected chi connectivity index (χ3v) is 7.37. The number of carbonyl (C=O) groups excluding carboxylic acids is 1. The van der Waals surface area contributed by atoms with E-state index in [-0.39, 0.29) is 11.9 Å². The molecule has 0 bridgehead atoms. The highest BCUT2D eigenvalue weighted by Gasteiger charge is 2.31. The Hall–Kier alpha value is -2.32. The number of ether oxygens (including phenoxy) is 1. The van der Waals surface area contributed by atoms with Gasteiger partial charge in [-0.05, 0) is 63.0 Å². The minimum Gasteiger partial charge on any atom is -0.478 e. The van der Waals surface area contributed by atoms with E-state index in [1.165, 1.54) is 25.7 Å². The molecule has 2 heterocycles. The Morgan fingerprint density at radius 3 is 2.18 bits per heavy atom. The van der Waals surface area contributed by atoms with Gasteiger partial charge in [-0.2, -0.15) is 0 Å². The second-order valence-corrected chi connectivity index (χ2v) is 9.59. The lowest BCUT2D eigenvalue weighted by Crippen LogP contribution is -2.54. The van der Waals surface area contributed by atoms with Crippen molar-refractivity contribution in [3.05, 3.63) is 24.3 Å². The number of hydrogen-bond donors (Lipinski definition) is 3. The molecule has 1 unspecified atom stereocenters. The number of aliphatic carboxylic acids is 1. The van der Waals surface area contributed by atoms with Gasteiger partial charge in [-0.1, -0.05) is 25.7 Å². The lowest BCUT2D eigenvalue weighted by molar-refractivity contribution is -0.148. The zero-order valence-electron chi connectivity index (χ0n) is 19.5. The maximum atomic E-state index is 12.7. The first kappa shape index (κ1) is 23.8. The molecule has 3 aliphatic rings. The maximum absolute atomic E-state index is 12.7. The van der Waals surface area contributed by atoms with Crippen molar-refractivity contribution in [2.75, 3.05) is 44.6 Å². The molecule has 4 rings (SSSR count). The number of piperidine rings is 1. The first-order valence-corrected chi connectivity index (χ1v) is 12.6. The van der Waals surface area contributed by atoms with Gasteiger partial charge in [-0.25, -0.2) is 9.59 Å². The lowest BCUT2D eigenvalue weighted by Gasteiger charge is -2.40. The number of nitrogens with one attached hydrogen (secondary N) is 2. The Balaban J connectivity index is 1.26. The van der Waals surface area contributed by atoms with Crippen LogP contribution in [-0.4, -0.2) is 78.3 Å². The summed E-state index contributed by atoms with van der Waals surface area (Å²) < 4.78 is 5.88. The lowest BCUT2D eigenvalue weighted by atomic mass is 9.94. The average molecular weight is 459 g/mol. The topological polar surface area (TPSA) is 94.1 Å². The molecule has 8 heteroatoms. The van der Waals surface area contributed by atoms with E-state index in [0.717, 1.165) is 65.0 Å². The smallest absolute Gasteiger partial charge is 0.345 e. The van der Waals surface area contributed by atoms with E-state index in [4.69, 9.17) is 4.74 Å². The van der Waals surface area contributed by atoms with E-state index in [1.54, 1.807) is 24.3 Å².